The van der Waals surface area contributed by atoms with E-state index >= 15 is 0 Å². The van der Waals surface area contributed by atoms with E-state index in [1.54, 1.807) is 0 Å². The van der Waals surface area contributed by atoms with Crippen molar-refractivity contribution in [1.29, 1.82) is 0 Å². The van der Waals surface area contributed by atoms with Gasteiger partial charge in [0, 0.05) is 19.6 Å². The Kier molecular flexibility index (Phi) is 4.29. The summed E-state index contributed by atoms with van der Waals surface area (Å²) in [7, 11) is 0. The van der Waals surface area contributed by atoms with Gasteiger partial charge in [0.2, 0.25) is 0 Å². The van der Waals surface area contributed by atoms with E-state index in [9.17, 15) is 0 Å². The molecule has 0 amide bonds. The first kappa shape index (κ1) is 10.3. The van der Waals surface area contributed by atoms with Crippen LogP contribution in [0.4, 0.5) is 0 Å². The van der Waals surface area contributed by atoms with Gasteiger partial charge in [-0.2, -0.15) is 0 Å². The van der Waals surface area contributed by atoms with Gasteiger partial charge in [0.05, 0.1) is 12.7 Å². The third-order valence-electron chi connectivity index (χ3n) is 2.41. The largest absolute Gasteiger partial charge is 0.374 e. The molecule has 2 heterocycles. The molecule has 1 atom stereocenters. The molecular weight excluding hydrogens is 176 g/mol. The van der Waals surface area contributed by atoms with E-state index in [1.165, 1.54) is 19.5 Å². The van der Waals surface area contributed by atoms with E-state index in [0.717, 1.165) is 26.2 Å². The summed E-state index contributed by atoms with van der Waals surface area (Å²) in [5.41, 5.74) is 0. The number of rotatable bonds is 2. The number of halogens is 1. The number of likely N-dealkylation sites (tertiary alicyclic amines) is 1. The average molecular weight is 193 g/mol. The van der Waals surface area contributed by atoms with Crippen LogP contribution < -0.4 is 5.32 Å². The third-order valence-corrected chi connectivity index (χ3v) is 2.41. The topological polar surface area (TPSA) is 24.5 Å². The molecule has 0 spiro atoms. The summed E-state index contributed by atoms with van der Waals surface area (Å²) in [6.07, 6.45) is 1.82. The van der Waals surface area contributed by atoms with Gasteiger partial charge in [0.15, 0.2) is 0 Å². The fraction of sp³-hybridized carbons (Fsp3) is 1.00. The number of nitrogens with zero attached hydrogens (tertiary/aromatic N) is 1. The lowest BCUT2D eigenvalue weighted by Gasteiger charge is -2.35. The van der Waals surface area contributed by atoms with Crippen LogP contribution in [0, 0.1) is 0 Å². The lowest BCUT2D eigenvalue weighted by Crippen LogP contribution is -2.49. The summed E-state index contributed by atoms with van der Waals surface area (Å²) >= 11 is 0. The molecule has 1 unspecified atom stereocenters. The molecule has 0 saturated carbocycles. The van der Waals surface area contributed by atoms with Crippen molar-refractivity contribution in [2.75, 3.05) is 39.3 Å². The van der Waals surface area contributed by atoms with Crippen LogP contribution in [0.15, 0.2) is 0 Å². The van der Waals surface area contributed by atoms with Crippen molar-refractivity contribution in [3.63, 3.8) is 0 Å². The summed E-state index contributed by atoms with van der Waals surface area (Å²) in [5, 5.41) is 3.34. The lowest BCUT2D eigenvalue weighted by atomic mass is 10.2. The number of hydrogen-bond donors (Lipinski definition) is 1. The average Bonchev–Trinajstić information content (AvgIpc) is 1.99. The second kappa shape index (κ2) is 5.02. The van der Waals surface area contributed by atoms with Crippen LogP contribution in [0.5, 0.6) is 0 Å². The number of nitrogens with one attached hydrogen (secondary N) is 1. The van der Waals surface area contributed by atoms with Gasteiger partial charge in [-0.05, 0) is 19.5 Å². The van der Waals surface area contributed by atoms with Crippen molar-refractivity contribution < 1.29 is 4.74 Å². The van der Waals surface area contributed by atoms with E-state index in [0.29, 0.717) is 6.10 Å². The van der Waals surface area contributed by atoms with E-state index < -0.39 is 0 Å². The van der Waals surface area contributed by atoms with Crippen LogP contribution in [0.1, 0.15) is 6.42 Å². The highest BCUT2D eigenvalue weighted by Crippen LogP contribution is 2.08. The molecule has 72 valence electrons. The van der Waals surface area contributed by atoms with Gasteiger partial charge in [0.25, 0.3) is 0 Å². The molecule has 0 bridgehead atoms. The van der Waals surface area contributed by atoms with Crippen LogP contribution in [0.3, 0.4) is 0 Å². The molecule has 2 saturated heterocycles. The molecular formula is C8H17ClN2O. The minimum absolute atomic E-state index is 0. The van der Waals surface area contributed by atoms with Crippen molar-refractivity contribution in [3.05, 3.63) is 0 Å². The predicted octanol–water partition coefficient (Wildman–Crippen LogP) is 0.102. The number of morpholine rings is 1. The molecule has 3 nitrogen and oxygen atoms in total. The van der Waals surface area contributed by atoms with Gasteiger partial charge in [-0.1, -0.05) is 0 Å². The van der Waals surface area contributed by atoms with Crippen LogP contribution in [-0.2, 0) is 4.74 Å². The SMILES string of the molecule is C1CN(CC2CNCCO2)C1.Cl. The zero-order valence-electron chi connectivity index (χ0n) is 7.29. The van der Waals surface area contributed by atoms with E-state index in [4.69, 9.17) is 4.74 Å². The van der Waals surface area contributed by atoms with Gasteiger partial charge >= 0.3 is 0 Å². The van der Waals surface area contributed by atoms with Gasteiger partial charge in [0.1, 0.15) is 0 Å². The summed E-state index contributed by atoms with van der Waals surface area (Å²) in [6.45, 7) is 6.64. The monoisotopic (exact) mass is 192 g/mol. The maximum absolute atomic E-state index is 5.58. The predicted molar refractivity (Wildman–Crippen MR) is 50.9 cm³/mol. The minimum Gasteiger partial charge on any atom is -0.374 e. The van der Waals surface area contributed by atoms with Crippen molar-refractivity contribution in [3.8, 4) is 0 Å². The Morgan fingerprint density at radius 3 is 2.75 bits per heavy atom. The highest BCUT2D eigenvalue weighted by atomic mass is 35.5. The molecule has 0 aromatic rings. The molecule has 1 N–H and O–H groups in total. The number of ether oxygens (including phenoxy) is 1. The van der Waals surface area contributed by atoms with Crippen molar-refractivity contribution in [2.24, 2.45) is 0 Å². The molecule has 2 aliphatic heterocycles. The van der Waals surface area contributed by atoms with E-state index in [1.807, 2.05) is 0 Å². The lowest BCUT2D eigenvalue weighted by molar-refractivity contribution is -0.00630. The highest BCUT2D eigenvalue weighted by Gasteiger charge is 2.20. The molecule has 0 aromatic carbocycles. The minimum atomic E-state index is 0. The first-order valence-corrected chi connectivity index (χ1v) is 4.50. The Labute approximate surface area is 79.9 Å². The molecule has 0 aliphatic carbocycles. The Morgan fingerprint density at radius 2 is 2.25 bits per heavy atom. The van der Waals surface area contributed by atoms with Crippen LogP contribution in [0.25, 0.3) is 0 Å². The van der Waals surface area contributed by atoms with Crippen LogP contribution in [0.2, 0.25) is 0 Å². The molecule has 2 aliphatic rings. The number of hydrogen-bond acceptors (Lipinski definition) is 3. The highest BCUT2D eigenvalue weighted by molar-refractivity contribution is 5.85. The Bertz CT molecular complexity index is 124. The van der Waals surface area contributed by atoms with Gasteiger partial charge in [-0.25, -0.2) is 0 Å². The second-order valence-electron chi connectivity index (χ2n) is 3.35. The van der Waals surface area contributed by atoms with Gasteiger partial charge < -0.3 is 15.0 Å². The molecule has 2 rings (SSSR count). The second-order valence-corrected chi connectivity index (χ2v) is 3.35. The summed E-state index contributed by atoms with van der Waals surface area (Å²) < 4.78 is 5.58. The molecule has 0 radical (unpaired) electrons. The van der Waals surface area contributed by atoms with Crippen molar-refractivity contribution in [1.82, 2.24) is 10.2 Å². The first-order valence-electron chi connectivity index (χ1n) is 4.50. The summed E-state index contributed by atoms with van der Waals surface area (Å²) in [4.78, 5) is 2.46. The Balaban J connectivity index is 0.000000720. The van der Waals surface area contributed by atoms with Crippen LogP contribution >= 0.6 is 12.4 Å². The van der Waals surface area contributed by atoms with E-state index in [2.05, 4.69) is 10.2 Å². The first-order chi connectivity index (χ1) is 5.45. The summed E-state index contributed by atoms with van der Waals surface area (Å²) in [5.74, 6) is 0. The standard InChI is InChI=1S/C8H16N2O.ClH/c1-3-10(4-1)7-8-6-9-2-5-11-8;/h8-9H,1-7H2;1H. The van der Waals surface area contributed by atoms with Gasteiger partial charge in [-0.3, -0.25) is 0 Å². The molecule has 2 fully saturated rings. The Morgan fingerprint density at radius 1 is 1.42 bits per heavy atom. The zero-order chi connectivity index (χ0) is 7.52. The van der Waals surface area contributed by atoms with E-state index in [-0.39, 0.29) is 12.4 Å². The van der Waals surface area contributed by atoms with Crippen LogP contribution in [-0.4, -0.2) is 50.3 Å². The maximum Gasteiger partial charge on any atom is 0.0826 e. The maximum atomic E-state index is 5.58. The fourth-order valence-corrected chi connectivity index (χ4v) is 1.59. The molecule has 0 aromatic heterocycles. The normalized spacial score (nSPS) is 30.5. The Hall–Kier alpha value is 0.170. The third kappa shape index (κ3) is 2.59. The van der Waals surface area contributed by atoms with Crippen molar-refractivity contribution >= 4 is 12.4 Å². The smallest absolute Gasteiger partial charge is 0.0826 e. The summed E-state index contributed by atoms with van der Waals surface area (Å²) in [6, 6.07) is 0. The molecule has 4 heteroatoms. The fourth-order valence-electron chi connectivity index (χ4n) is 1.59. The van der Waals surface area contributed by atoms with Crippen molar-refractivity contribution in [2.45, 2.75) is 12.5 Å². The van der Waals surface area contributed by atoms with Gasteiger partial charge in [-0.15, -0.1) is 12.4 Å². The quantitative estimate of drug-likeness (QED) is 0.672. The molecule has 12 heavy (non-hydrogen) atoms. The zero-order valence-corrected chi connectivity index (χ0v) is 8.11.